The topological polar surface area (TPSA) is 37.4 Å². The molecule has 1 aromatic rings. The van der Waals surface area contributed by atoms with Crippen LogP contribution in [0.3, 0.4) is 0 Å². The largest absolute Gasteiger partial charge is 0.341 e. The van der Waals surface area contributed by atoms with Crippen molar-refractivity contribution in [2.45, 2.75) is 86.6 Å². The van der Waals surface area contributed by atoms with Crippen molar-refractivity contribution in [2.75, 3.05) is 7.05 Å². The number of hydrogen-bond donors (Lipinski definition) is 0. The molecule has 0 bridgehead atoms. The Hall–Kier alpha value is -1.64. The minimum Gasteiger partial charge on any atom is -0.341 e. The molecular weight excluding hydrogens is 358 g/mol. The van der Waals surface area contributed by atoms with E-state index in [0.717, 1.165) is 31.5 Å². The monoisotopic (exact) mass is 401 g/mol. The third-order valence-electron chi connectivity index (χ3n) is 6.27. The molecule has 1 amide bonds. The molecule has 0 saturated heterocycles. The summed E-state index contributed by atoms with van der Waals surface area (Å²) in [4.78, 5) is 24.7. The lowest BCUT2D eigenvalue weighted by molar-refractivity contribution is -0.142. The second-order valence-electron chi connectivity index (χ2n) is 10.3. The summed E-state index contributed by atoms with van der Waals surface area (Å²) in [5.41, 5.74) is 1.34. The van der Waals surface area contributed by atoms with E-state index in [1.165, 1.54) is 24.8 Å². The van der Waals surface area contributed by atoms with E-state index >= 15 is 0 Å². The highest BCUT2D eigenvalue weighted by molar-refractivity contribution is 5.82. The molecule has 0 N–H and O–H groups in total. The van der Waals surface area contributed by atoms with Crippen molar-refractivity contribution < 1.29 is 9.59 Å². The van der Waals surface area contributed by atoms with E-state index in [9.17, 15) is 9.59 Å². The quantitative estimate of drug-likeness (QED) is 0.527. The van der Waals surface area contributed by atoms with Gasteiger partial charge in [-0.1, -0.05) is 78.3 Å². The summed E-state index contributed by atoms with van der Waals surface area (Å²) in [5.74, 6) is 1.28. The number of nitrogens with zero attached hydrogens (tertiary/aromatic N) is 1. The van der Waals surface area contributed by atoms with Gasteiger partial charge >= 0.3 is 0 Å². The normalized spacial score (nSPS) is 23.9. The molecule has 0 spiro atoms. The predicted octanol–water partition coefficient (Wildman–Crippen LogP) is 6.51. The summed E-state index contributed by atoms with van der Waals surface area (Å²) in [6, 6.07) is 10.3. The molecule has 29 heavy (non-hydrogen) atoms. The van der Waals surface area contributed by atoms with Crippen molar-refractivity contribution in [3.63, 3.8) is 0 Å². The molecule has 1 aromatic carbocycles. The Bertz CT molecular complexity index is 623. The molecule has 1 aliphatic carbocycles. The van der Waals surface area contributed by atoms with Crippen LogP contribution in [0, 0.1) is 22.7 Å². The maximum atomic E-state index is 13.2. The van der Waals surface area contributed by atoms with Crippen LogP contribution in [0.5, 0.6) is 0 Å². The Labute approximate surface area is 179 Å². The van der Waals surface area contributed by atoms with Gasteiger partial charge in [-0.15, -0.1) is 0 Å². The third kappa shape index (κ3) is 8.72. The van der Waals surface area contributed by atoms with Gasteiger partial charge in [-0.25, -0.2) is 0 Å². The second-order valence-corrected chi connectivity index (χ2v) is 10.3. The molecule has 164 valence electrons. The number of carbonyl (C=O) groups is 2. The summed E-state index contributed by atoms with van der Waals surface area (Å²) in [6.45, 7) is 13.7. The van der Waals surface area contributed by atoms with Crippen molar-refractivity contribution in [1.29, 1.82) is 0 Å². The summed E-state index contributed by atoms with van der Waals surface area (Å²) in [7, 11) is 1.96. The van der Waals surface area contributed by atoms with E-state index < -0.39 is 0 Å². The van der Waals surface area contributed by atoms with Crippen molar-refractivity contribution in [3.05, 3.63) is 35.9 Å². The van der Waals surface area contributed by atoms with Crippen LogP contribution in [0.15, 0.2) is 30.3 Å². The van der Waals surface area contributed by atoms with E-state index in [1.54, 1.807) is 0 Å². The molecule has 0 radical (unpaired) electrons. The lowest BCUT2D eigenvalue weighted by Crippen LogP contribution is -2.42. The minimum absolute atomic E-state index is 0.204. The summed E-state index contributed by atoms with van der Waals surface area (Å²) in [5, 5.41) is 0. The third-order valence-corrected chi connectivity index (χ3v) is 6.27. The standard InChI is InChI=1S/C22H35NO.C4H8O/c1-6-18-12-13-22(4,15-14-21(2,3)16-18)20(24)23(5)17-19-10-8-7-9-11-19;1-4(2)3-5/h7-11,18H,6,12-17H2,1-5H3;3-4H,1-2H3. The number of carbonyl (C=O) groups excluding carboxylic acids is 2. The van der Waals surface area contributed by atoms with Gasteiger partial charge in [0.25, 0.3) is 0 Å². The maximum absolute atomic E-state index is 13.2. The lowest BCUT2D eigenvalue weighted by Gasteiger charge is -2.40. The van der Waals surface area contributed by atoms with Crippen LogP contribution in [-0.2, 0) is 16.1 Å². The molecule has 0 aromatic heterocycles. The Balaban J connectivity index is 0.000000749. The first-order chi connectivity index (χ1) is 13.5. The SMILES string of the molecule is CC(C)C=O.CCC1CCC(C)(C(=O)N(C)Cc2ccccc2)CCC(C)(C)C1. The van der Waals surface area contributed by atoms with E-state index in [-0.39, 0.29) is 11.3 Å². The molecule has 3 heteroatoms. The van der Waals surface area contributed by atoms with Gasteiger partial charge in [0.05, 0.1) is 0 Å². The van der Waals surface area contributed by atoms with Crippen molar-refractivity contribution >= 4 is 12.2 Å². The van der Waals surface area contributed by atoms with E-state index in [0.29, 0.717) is 17.9 Å². The summed E-state index contributed by atoms with van der Waals surface area (Å²) < 4.78 is 0. The Morgan fingerprint density at radius 3 is 2.24 bits per heavy atom. The summed E-state index contributed by atoms with van der Waals surface area (Å²) in [6.07, 6.45) is 7.81. The highest BCUT2D eigenvalue weighted by Gasteiger charge is 2.39. The first-order valence-corrected chi connectivity index (χ1v) is 11.3. The number of benzene rings is 1. The molecule has 2 rings (SSSR count). The Morgan fingerprint density at radius 1 is 1.14 bits per heavy atom. The highest BCUT2D eigenvalue weighted by Crippen LogP contribution is 2.44. The zero-order valence-electron chi connectivity index (χ0n) is 19.8. The van der Waals surface area contributed by atoms with Gasteiger partial charge in [-0.05, 0) is 49.0 Å². The zero-order valence-corrected chi connectivity index (χ0v) is 19.8. The van der Waals surface area contributed by atoms with Gasteiger partial charge in [0.15, 0.2) is 0 Å². The second kappa shape index (κ2) is 11.5. The van der Waals surface area contributed by atoms with Crippen LogP contribution in [0.25, 0.3) is 0 Å². The van der Waals surface area contributed by atoms with Gasteiger partial charge in [-0.2, -0.15) is 0 Å². The van der Waals surface area contributed by atoms with Crippen LogP contribution in [-0.4, -0.2) is 24.1 Å². The van der Waals surface area contributed by atoms with Crippen LogP contribution < -0.4 is 0 Å². The van der Waals surface area contributed by atoms with Gasteiger partial charge in [-0.3, -0.25) is 4.79 Å². The first-order valence-electron chi connectivity index (χ1n) is 11.3. The molecule has 0 heterocycles. The van der Waals surface area contributed by atoms with Crippen LogP contribution in [0.1, 0.15) is 85.6 Å². The zero-order chi connectivity index (χ0) is 22.1. The smallest absolute Gasteiger partial charge is 0.228 e. The van der Waals surface area contributed by atoms with Gasteiger partial charge in [0, 0.05) is 24.9 Å². The molecule has 2 unspecified atom stereocenters. The molecule has 0 aliphatic heterocycles. The fourth-order valence-electron chi connectivity index (χ4n) is 4.20. The van der Waals surface area contributed by atoms with Crippen molar-refractivity contribution in [2.24, 2.45) is 22.7 Å². The molecular formula is C26H43NO2. The number of amides is 1. The van der Waals surface area contributed by atoms with Gasteiger partial charge in [0.1, 0.15) is 6.29 Å². The molecule has 3 nitrogen and oxygen atoms in total. The van der Waals surface area contributed by atoms with Gasteiger partial charge in [0.2, 0.25) is 5.91 Å². The van der Waals surface area contributed by atoms with Gasteiger partial charge < -0.3 is 9.69 Å². The van der Waals surface area contributed by atoms with E-state index in [2.05, 4.69) is 39.8 Å². The average Bonchev–Trinajstić information content (AvgIpc) is 2.69. The first kappa shape index (κ1) is 25.4. The molecule has 1 fully saturated rings. The summed E-state index contributed by atoms with van der Waals surface area (Å²) >= 11 is 0. The Morgan fingerprint density at radius 2 is 1.72 bits per heavy atom. The maximum Gasteiger partial charge on any atom is 0.228 e. The Kier molecular flexibility index (Phi) is 10.1. The fourth-order valence-corrected chi connectivity index (χ4v) is 4.20. The molecule has 2 atom stereocenters. The predicted molar refractivity (Wildman–Crippen MR) is 123 cm³/mol. The van der Waals surface area contributed by atoms with Crippen LogP contribution in [0.2, 0.25) is 0 Å². The number of rotatable bonds is 5. The highest BCUT2D eigenvalue weighted by atomic mass is 16.2. The molecule has 1 saturated carbocycles. The minimum atomic E-state index is -0.214. The lowest BCUT2D eigenvalue weighted by atomic mass is 9.67. The van der Waals surface area contributed by atoms with E-state index in [1.807, 2.05) is 44.0 Å². The van der Waals surface area contributed by atoms with Crippen molar-refractivity contribution in [1.82, 2.24) is 4.90 Å². The average molecular weight is 402 g/mol. The van der Waals surface area contributed by atoms with Crippen LogP contribution >= 0.6 is 0 Å². The number of aldehydes is 1. The number of hydrogen-bond acceptors (Lipinski definition) is 2. The van der Waals surface area contributed by atoms with Crippen LogP contribution in [0.4, 0.5) is 0 Å². The molecule has 1 aliphatic rings. The van der Waals surface area contributed by atoms with E-state index in [4.69, 9.17) is 0 Å². The fraction of sp³-hybridized carbons (Fsp3) is 0.692. The van der Waals surface area contributed by atoms with Crippen molar-refractivity contribution in [3.8, 4) is 0 Å².